The molecule has 2 atom stereocenters. The number of amides is 2. The number of hydrogen-bond acceptors (Lipinski definition) is 5. The Bertz CT molecular complexity index is 1280. The van der Waals surface area contributed by atoms with Gasteiger partial charge in [-0.3, -0.25) is 9.59 Å². The summed E-state index contributed by atoms with van der Waals surface area (Å²) >= 11 is 0. The molecule has 1 aliphatic heterocycles. The SMILES string of the molecule is CC(=O)NCCCC(O)(c1ccccc1Oc1ccccc1C)C1CCCN(C(=O)c2ccc(CN)cc2)C1. The molecule has 0 aliphatic carbocycles. The predicted molar refractivity (Wildman–Crippen MR) is 152 cm³/mol. The van der Waals surface area contributed by atoms with E-state index in [2.05, 4.69) is 5.32 Å². The van der Waals surface area contributed by atoms with Gasteiger partial charge >= 0.3 is 0 Å². The predicted octanol–water partition coefficient (Wildman–Crippen LogP) is 4.90. The van der Waals surface area contributed by atoms with Crippen molar-refractivity contribution in [2.24, 2.45) is 11.7 Å². The lowest BCUT2D eigenvalue weighted by Crippen LogP contribution is -2.48. The second-order valence-electron chi connectivity index (χ2n) is 10.4. The van der Waals surface area contributed by atoms with Crippen molar-refractivity contribution in [1.82, 2.24) is 10.2 Å². The zero-order chi connectivity index (χ0) is 27.8. The minimum absolute atomic E-state index is 0.0479. The third-order valence-electron chi connectivity index (χ3n) is 7.60. The van der Waals surface area contributed by atoms with E-state index in [-0.39, 0.29) is 17.7 Å². The summed E-state index contributed by atoms with van der Waals surface area (Å²) < 4.78 is 6.37. The van der Waals surface area contributed by atoms with Crippen molar-refractivity contribution in [2.45, 2.75) is 51.7 Å². The smallest absolute Gasteiger partial charge is 0.253 e. The Morgan fingerprint density at radius 1 is 1.05 bits per heavy atom. The molecule has 0 radical (unpaired) electrons. The van der Waals surface area contributed by atoms with Crippen LogP contribution in [0.2, 0.25) is 0 Å². The number of ether oxygens (including phenoxy) is 1. The number of carbonyl (C=O) groups excluding carboxylic acids is 2. The van der Waals surface area contributed by atoms with Gasteiger partial charge in [-0.15, -0.1) is 0 Å². The highest BCUT2D eigenvalue weighted by Crippen LogP contribution is 2.44. The molecule has 4 rings (SSSR count). The average Bonchev–Trinajstić information content (AvgIpc) is 2.96. The number of nitrogens with zero attached hydrogens (tertiary/aromatic N) is 1. The van der Waals surface area contributed by atoms with Crippen LogP contribution in [0.5, 0.6) is 11.5 Å². The molecule has 0 aromatic heterocycles. The molecule has 7 nitrogen and oxygen atoms in total. The van der Waals surface area contributed by atoms with Crippen LogP contribution in [-0.4, -0.2) is 41.5 Å². The number of benzene rings is 3. The Labute approximate surface area is 231 Å². The first-order valence-electron chi connectivity index (χ1n) is 13.7. The summed E-state index contributed by atoms with van der Waals surface area (Å²) in [4.78, 5) is 26.8. The molecular formula is C32H39N3O4. The van der Waals surface area contributed by atoms with E-state index in [4.69, 9.17) is 10.5 Å². The first-order chi connectivity index (χ1) is 18.8. The number of piperidine rings is 1. The standard InChI is InChI=1S/C32H39N3O4/c1-23-9-3-5-12-29(23)39-30-13-6-4-11-28(30)32(38,18-8-19-34-24(2)36)27-10-7-20-35(22-27)31(37)26-16-14-25(21-33)15-17-26/h3-6,9,11-17,27,38H,7-8,10,18-22,33H2,1-2H3,(H,34,36). The lowest BCUT2D eigenvalue weighted by atomic mass is 9.74. The number of hydrogen-bond donors (Lipinski definition) is 3. The topological polar surface area (TPSA) is 105 Å². The van der Waals surface area contributed by atoms with E-state index in [1.807, 2.05) is 84.6 Å². The summed E-state index contributed by atoms with van der Waals surface area (Å²) in [5.41, 5.74) is 7.74. The van der Waals surface area contributed by atoms with Gasteiger partial charge in [0.25, 0.3) is 5.91 Å². The van der Waals surface area contributed by atoms with Crippen molar-refractivity contribution in [2.75, 3.05) is 19.6 Å². The fraction of sp³-hybridized carbons (Fsp3) is 0.375. The molecule has 4 N–H and O–H groups in total. The van der Waals surface area contributed by atoms with Crippen molar-refractivity contribution in [3.05, 3.63) is 95.1 Å². The molecule has 2 amide bonds. The third-order valence-corrected chi connectivity index (χ3v) is 7.60. The molecule has 1 aliphatic rings. The maximum Gasteiger partial charge on any atom is 0.253 e. The number of carbonyl (C=O) groups is 2. The van der Waals surface area contributed by atoms with Crippen molar-refractivity contribution < 1.29 is 19.4 Å². The molecule has 1 heterocycles. The van der Waals surface area contributed by atoms with E-state index >= 15 is 0 Å². The molecular weight excluding hydrogens is 490 g/mol. The lowest BCUT2D eigenvalue weighted by Gasteiger charge is -2.43. The number of aryl methyl sites for hydroxylation is 1. The molecule has 0 saturated carbocycles. The molecule has 3 aromatic carbocycles. The zero-order valence-corrected chi connectivity index (χ0v) is 22.9. The van der Waals surface area contributed by atoms with Crippen LogP contribution in [0.25, 0.3) is 0 Å². The van der Waals surface area contributed by atoms with Crippen LogP contribution in [0, 0.1) is 12.8 Å². The molecule has 39 heavy (non-hydrogen) atoms. The highest BCUT2D eigenvalue weighted by atomic mass is 16.5. The zero-order valence-electron chi connectivity index (χ0n) is 22.9. The normalized spacial score (nSPS) is 16.8. The van der Waals surface area contributed by atoms with Gasteiger partial charge in [0, 0.05) is 50.1 Å². The summed E-state index contributed by atoms with van der Waals surface area (Å²) in [6, 6.07) is 22.8. The second-order valence-corrected chi connectivity index (χ2v) is 10.4. The fourth-order valence-electron chi connectivity index (χ4n) is 5.40. The Balaban J connectivity index is 1.63. The Kier molecular flexibility index (Phi) is 9.38. The van der Waals surface area contributed by atoms with E-state index in [1.165, 1.54) is 6.92 Å². The quantitative estimate of drug-likeness (QED) is 0.324. The largest absolute Gasteiger partial charge is 0.457 e. The Morgan fingerprint density at radius 2 is 1.74 bits per heavy atom. The van der Waals surface area contributed by atoms with Crippen LogP contribution in [0.4, 0.5) is 0 Å². The molecule has 1 fully saturated rings. The highest BCUT2D eigenvalue weighted by Gasteiger charge is 2.43. The molecule has 2 unspecified atom stereocenters. The molecule has 3 aromatic rings. The summed E-state index contributed by atoms with van der Waals surface area (Å²) in [6.07, 6.45) is 2.55. The second kappa shape index (κ2) is 12.9. The van der Waals surface area contributed by atoms with Gasteiger partial charge in [-0.25, -0.2) is 0 Å². The Morgan fingerprint density at radius 3 is 2.44 bits per heavy atom. The van der Waals surface area contributed by atoms with Gasteiger partial charge in [0.2, 0.25) is 5.91 Å². The molecule has 206 valence electrons. The number of aliphatic hydroxyl groups is 1. The first-order valence-corrected chi connectivity index (χ1v) is 13.7. The van der Waals surface area contributed by atoms with E-state index in [0.29, 0.717) is 55.9 Å². The van der Waals surface area contributed by atoms with Crippen molar-refractivity contribution >= 4 is 11.8 Å². The van der Waals surface area contributed by atoms with E-state index in [1.54, 1.807) is 0 Å². The van der Waals surface area contributed by atoms with Gasteiger partial charge in [0.1, 0.15) is 11.5 Å². The van der Waals surface area contributed by atoms with Crippen molar-refractivity contribution in [3.63, 3.8) is 0 Å². The van der Waals surface area contributed by atoms with Crippen LogP contribution in [0.3, 0.4) is 0 Å². The monoisotopic (exact) mass is 529 g/mol. The summed E-state index contributed by atoms with van der Waals surface area (Å²) in [6.45, 7) is 5.42. The van der Waals surface area contributed by atoms with Gasteiger partial charge < -0.3 is 25.8 Å². The van der Waals surface area contributed by atoms with Crippen LogP contribution < -0.4 is 15.8 Å². The fourth-order valence-corrected chi connectivity index (χ4v) is 5.40. The Hall–Kier alpha value is -3.68. The van der Waals surface area contributed by atoms with Gasteiger partial charge in [0.05, 0.1) is 5.60 Å². The van der Waals surface area contributed by atoms with E-state index in [9.17, 15) is 14.7 Å². The highest BCUT2D eigenvalue weighted by molar-refractivity contribution is 5.94. The minimum atomic E-state index is -1.26. The number of nitrogens with two attached hydrogens (primary N) is 1. The first kappa shape index (κ1) is 28.3. The van der Waals surface area contributed by atoms with Crippen molar-refractivity contribution in [1.29, 1.82) is 0 Å². The lowest BCUT2D eigenvalue weighted by molar-refractivity contribution is -0.119. The molecule has 7 heteroatoms. The third kappa shape index (κ3) is 6.85. The van der Waals surface area contributed by atoms with Crippen LogP contribution in [0.15, 0.2) is 72.8 Å². The van der Waals surface area contributed by atoms with Crippen molar-refractivity contribution in [3.8, 4) is 11.5 Å². The van der Waals surface area contributed by atoms with Crippen LogP contribution >= 0.6 is 0 Å². The van der Waals surface area contributed by atoms with Crippen LogP contribution in [-0.2, 0) is 16.9 Å². The minimum Gasteiger partial charge on any atom is -0.457 e. The maximum atomic E-state index is 13.4. The van der Waals surface area contributed by atoms with Gasteiger partial charge in [0.15, 0.2) is 0 Å². The summed E-state index contributed by atoms with van der Waals surface area (Å²) in [5, 5.41) is 15.3. The van der Waals surface area contributed by atoms with E-state index < -0.39 is 5.60 Å². The number of para-hydroxylation sites is 2. The number of rotatable bonds is 10. The number of likely N-dealkylation sites (tertiary alicyclic amines) is 1. The molecule has 0 spiro atoms. The molecule has 1 saturated heterocycles. The molecule has 0 bridgehead atoms. The maximum absolute atomic E-state index is 13.4. The summed E-state index contributed by atoms with van der Waals surface area (Å²) in [7, 11) is 0. The van der Waals surface area contributed by atoms with Gasteiger partial charge in [-0.05, 0) is 68.0 Å². The summed E-state index contributed by atoms with van der Waals surface area (Å²) in [5.74, 6) is 0.962. The number of nitrogens with one attached hydrogen (secondary N) is 1. The van der Waals surface area contributed by atoms with Crippen LogP contribution in [0.1, 0.15) is 59.7 Å². The van der Waals surface area contributed by atoms with Gasteiger partial charge in [-0.2, -0.15) is 0 Å². The van der Waals surface area contributed by atoms with Gasteiger partial charge in [-0.1, -0.05) is 48.5 Å². The van der Waals surface area contributed by atoms with E-state index in [0.717, 1.165) is 29.7 Å². The average molecular weight is 530 g/mol.